The van der Waals surface area contributed by atoms with Crippen LogP contribution in [0.3, 0.4) is 0 Å². The lowest BCUT2D eigenvalue weighted by atomic mass is 10.3. The summed E-state index contributed by atoms with van der Waals surface area (Å²) in [4.78, 5) is 3.46. The minimum absolute atomic E-state index is 0.255. The van der Waals surface area contributed by atoms with Crippen LogP contribution in [0.5, 0.6) is 0 Å². The van der Waals surface area contributed by atoms with Crippen LogP contribution in [0.15, 0.2) is 50.5 Å². The van der Waals surface area contributed by atoms with Crippen LogP contribution in [-0.4, -0.2) is 13.4 Å². The van der Waals surface area contributed by atoms with Crippen LogP contribution in [-0.2, 0) is 10.0 Å². The van der Waals surface area contributed by atoms with Crippen molar-refractivity contribution in [3.8, 4) is 0 Å². The van der Waals surface area contributed by atoms with Gasteiger partial charge in [0.25, 0.3) is 10.0 Å². The highest BCUT2D eigenvalue weighted by Crippen LogP contribution is 2.22. The molecule has 0 saturated carbocycles. The smallest absolute Gasteiger partial charge is 0.264 e. The lowest BCUT2D eigenvalue weighted by Gasteiger charge is -2.08. The van der Waals surface area contributed by atoms with Crippen molar-refractivity contribution in [1.29, 1.82) is 0 Å². The lowest BCUT2D eigenvalue weighted by Crippen LogP contribution is -2.14. The molecule has 1 aromatic heterocycles. The molecule has 0 aliphatic rings. The largest absolute Gasteiger partial charge is 0.278 e. The van der Waals surface area contributed by atoms with E-state index in [0.717, 1.165) is 6.07 Å². The van der Waals surface area contributed by atoms with Gasteiger partial charge in [0.1, 0.15) is 15.3 Å². The summed E-state index contributed by atoms with van der Waals surface area (Å²) in [6.45, 7) is 0. The van der Waals surface area contributed by atoms with Crippen LogP contribution in [0, 0.1) is 5.82 Å². The summed E-state index contributed by atoms with van der Waals surface area (Å²) in [5, 5.41) is 0. The zero-order chi connectivity index (χ0) is 14.0. The molecular weight excluding hydrogens is 403 g/mol. The van der Waals surface area contributed by atoms with E-state index in [9.17, 15) is 12.8 Å². The van der Waals surface area contributed by atoms with E-state index < -0.39 is 20.7 Å². The van der Waals surface area contributed by atoms with Gasteiger partial charge in [0.05, 0.1) is 11.9 Å². The monoisotopic (exact) mass is 408 g/mol. The number of sulfonamides is 1. The van der Waals surface area contributed by atoms with Crippen molar-refractivity contribution in [2.24, 2.45) is 0 Å². The van der Waals surface area contributed by atoms with Crippen molar-refractivity contribution in [2.75, 3.05) is 4.72 Å². The molecule has 0 fully saturated rings. The van der Waals surface area contributed by atoms with Gasteiger partial charge in [-0.2, -0.15) is 0 Å². The predicted octanol–water partition coefficient (Wildman–Crippen LogP) is 3.55. The number of hydrogen-bond donors (Lipinski definition) is 1. The highest BCUT2D eigenvalue weighted by molar-refractivity contribution is 9.10. The maximum atomic E-state index is 13.6. The summed E-state index contributed by atoms with van der Waals surface area (Å²) in [5.41, 5.74) is 0.255. The van der Waals surface area contributed by atoms with Crippen molar-refractivity contribution in [3.63, 3.8) is 0 Å². The predicted molar refractivity (Wildman–Crippen MR) is 76.8 cm³/mol. The molecule has 0 saturated heterocycles. The molecule has 0 spiro atoms. The molecule has 2 rings (SSSR count). The van der Waals surface area contributed by atoms with E-state index >= 15 is 0 Å². The van der Waals surface area contributed by atoms with Crippen LogP contribution in [0.4, 0.5) is 10.1 Å². The van der Waals surface area contributed by atoms with E-state index in [0.29, 0.717) is 9.08 Å². The topological polar surface area (TPSA) is 59.1 Å². The fourth-order valence-corrected chi connectivity index (χ4v) is 3.01. The number of benzene rings is 1. The molecule has 0 bridgehead atoms. The Bertz CT molecular complexity index is 705. The minimum Gasteiger partial charge on any atom is -0.278 e. The number of nitrogens with one attached hydrogen (secondary N) is 1. The summed E-state index contributed by atoms with van der Waals surface area (Å²) in [6, 6.07) is 6.83. The third-order valence-electron chi connectivity index (χ3n) is 2.16. The van der Waals surface area contributed by atoms with E-state index in [2.05, 4.69) is 41.6 Å². The third-order valence-corrected chi connectivity index (χ3v) is 4.54. The van der Waals surface area contributed by atoms with Gasteiger partial charge in [-0.05, 0) is 46.3 Å². The van der Waals surface area contributed by atoms with Crippen LogP contribution in [0.25, 0.3) is 0 Å². The van der Waals surface area contributed by atoms with Gasteiger partial charge in [-0.25, -0.2) is 17.8 Å². The van der Waals surface area contributed by atoms with E-state index in [1.54, 1.807) is 6.07 Å². The number of halogens is 3. The maximum absolute atomic E-state index is 13.6. The molecule has 2 aromatic rings. The van der Waals surface area contributed by atoms with Crippen LogP contribution < -0.4 is 4.72 Å². The first-order chi connectivity index (χ1) is 8.88. The second-order valence-corrected chi connectivity index (χ2v) is 6.93. The van der Waals surface area contributed by atoms with Crippen molar-refractivity contribution in [2.45, 2.75) is 4.90 Å². The number of nitrogens with zero attached hydrogens (tertiary/aromatic N) is 1. The Labute approximate surface area is 126 Å². The summed E-state index contributed by atoms with van der Waals surface area (Å²) >= 11 is 6.20. The molecule has 0 aliphatic carbocycles. The number of pyridine rings is 1. The standard InChI is InChI=1S/C11H7Br2FN2O2S/c12-7-1-3-10(9(14)5-7)19(17,18)16-8-2-4-11(13)15-6-8/h1-6,16H. The van der Waals surface area contributed by atoms with Crippen molar-refractivity contribution in [3.05, 3.63) is 51.4 Å². The van der Waals surface area contributed by atoms with Gasteiger partial charge in [0.2, 0.25) is 0 Å². The zero-order valence-corrected chi connectivity index (χ0v) is 13.3. The number of hydrogen-bond acceptors (Lipinski definition) is 3. The van der Waals surface area contributed by atoms with Gasteiger partial charge in [-0.3, -0.25) is 4.72 Å². The number of aromatic nitrogens is 1. The zero-order valence-electron chi connectivity index (χ0n) is 9.27. The average molecular weight is 410 g/mol. The molecule has 1 N–H and O–H groups in total. The molecule has 100 valence electrons. The molecule has 0 atom stereocenters. The third kappa shape index (κ3) is 3.52. The molecule has 0 aliphatic heterocycles. The highest BCUT2D eigenvalue weighted by atomic mass is 79.9. The van der Waals surface area contributed by atoms with Gasteiger partial charge in [0.15, 0.2) is 0 Å². The number of anilines is 1. The Morgan fingerprint density at radius 2 is 1.89 bits per heavy atom. The molecule has 1 aromatic carbocycles. The van der Waals surface area contributed by atoms with Crippen molar-refractivity contribution >= 4 is 47.6 Å². The van der Waals surface area contributed by atoms with E-state index in [1.165, 1.54) is 24.4 Å². The van der Waals surface area contributed by atoms with Crippen molar-refractivity contribution in [1.82, 2.24) is 4.98 Å². The molecule has 4 nitrogen and oxygen atoms in total. The Hall–Kier alpha value is -0.990. The first-order valence-electron chi connectivity index (χ1n) is 4.98. The first-order valence-corrected chi connectivity index (χ1v) is 8.05. The van der Waals surface area contributed by atoms with Gasteiger partial charge < -0.3 is 0 Å². The first kappa shape index (κ1) is 14.4. The fourth-order valence-electron chi connectivity index (χ4n) is 1.34. The van der Waals surface area contributed by atoms with Gasteiger partial charge in [0, 0.05) is 4.47 Å². The Kier molecular flexibility index (Phi) is 4.22. The van der Waals surface area contributed by atoms with Gasteiger partial charge >= 0.3 is 0 Å². The molecule has 0 radical (unpaired) electrons. The molecular formula is C11H7Br2FN2O2S. The summed E-state index contributed by atoms with van der Waals surface area (Å²) in [5.74, 6) is -0.827. The Morgan fingerprint density at radius 1 is 1.16 bits per heavy atom. The molecule has 1 heterocycles. The fraction of sp³-hybridized carbons (Fsp3) is 0. The van der Waals surface area contributed by atoms with Crippen LogP contribution >= 0.6 is 31.9 Å². The molecule has 19 heavy (non-hydrogen) atoms. The second-order valence-electron chi connectivity index (χ2n) is 3.55. The quantitative estimate of drug-likeness (QED) is 0.788. The van der Waals surface area contributed by atoms with Crippen LogP contribution in [0.2, 0.25) is 0 Å². The SMILES string of the molecule is O=S(=O)(Nc1ccc(Br)nc1)c1ccc(Br)cc1F. The average Bonchev–Trinajstić information content (AvgIpc) is 2.31. The molecule has 0 unspecified atom stereocenters. The molecule has 8 heteroatoms. The van der Waals surface area contributed by atoms with Gasteiger partial charge in [-0.15, -0.1) is 0 Å². The summed E-state index contributed by atoms with van der Waals surface area (Å²) in [6.07, 6.45) is 1.33. The maximum Gasteiger partial charge on any atom is 0.264 e. The van der Waals surface area contributed by atoms with E-state index in [-0.39, 0.29) is 5.69 Å². The highest BCUT2D eigenvalue weighted by Gasteiger charge is 2.19. The Morgan fingerprint density at radius 3 is 2.47 bits per heavy atom. The normalized spacial score (nSPS) is 11.3. The lowest BCUT2D eigenvalue weighted by molar-refractivity contribution is 0.570. The summed E-state index contributed by atoms with van der Waals surface area (Å²) < 4.78 is 41.0. The van der Waals surface area contributed by atoms with E-state index in [4.69, 9.17) is 0 Å². The minimum atomic E-state index is -3.97. The molecule has 0 amide bonds. The Balaban J connectivity index is 2.35. The summed E-state index contributed by atoms with van der Waals surface area (Å²) in [7, 11) is -3.97. The second kappa shape index (κ2) is 5.56. The number of rotatable bonds is 3. The van der Waals surface area contributed by atoms with Gasteiger partial charge in [-0.1, -0.05) is 15.9 Å². The van der Waals surface area contributed by atoms with Crippen molar-refractivity contribution < 1.29 is 12.8 Å². The van der Waals surface area contributed by atoms with E-state index in [1.807, 2.05) is 0 Å². The van der Waals surface area contributed by atoms with Crippen LogP contribution in [0.1, 0.15) is 0 Å².